The number of hydrogen-bond donors (Lipinski definition) is 1. The van der Waals surface area contributed by atoms with Gasteiger partial charge in [-0.1, -0.05) is 37.3 Å². The Morgan fingerprint density at radius 2 is 2.15 bits per heavy atom. The Kier molecular flexibility index (Phi) is 5.60. The van der Waals surface area contributed by atoms with Gasteiger partial charge in [0, 0.05) is 0 Å². The molecule has 0 saturated carbocycles. The van der Waals surface area contributed by atoms with Crippen LogP contribution in [0.4, 0.5) is 0 Å². The predicted octanol–water partition coefficient (Wildman–Crippen LogP) is 2.65. The second kappa shape index (κ2) is 7.44. The van der Waals surface area contributed by atoms with Gasteiger partial charge in [-0.3, -0.25) is 4.79 Å². The normalized spacial score (nSPS) is 24.1. The molecule has 1 heterocycles. The minimum atomic E-state index is -0.0323. The summed E-state index contributed by atoms with van der Waals surface area (Å²) >= 11 is 0. The van der Waals surface area contributed by atoms with E-state index in [9.17, 15) is 4.79 Å². The van der Waals surface area contributed by atoms with Crippen molar-refractivity contribution in [3.05, 3.63) is 35.9 Å². The molecule has 0 aromatic heterocycles. The molecule has 2 rings (SSSR count). The maximum Gasteiger partial charge on any atom is 0.309 e. The molecule has 20 heavy (non-hydrogen) atoms. The van der Waals surface area contributed by atoms with Gasteiger partial charge >= 0.3 is 5.97 Å². The lowest BCUT2D eigenvalue weighted by molar-refractivity contribution is -0.151. The molecule has 1 aromatic rings. The minimum Gasteiger partial charge on any atom is -0.466 e. The van der Waals surface area contributed by atoms with Crippen molar-refractivity contribution in [2.75, 3.05) is 19.7 Å². The van der Waals surface area contributed by atoms with Gasteiger partial charge in [-0.25, -0.2) is 0 Å². The number of hydrogen-bond acceptors (Lipinski definition) is 3. The van der Waals surface area contributed by atoms with E-state index in [1.54, 1.807) is 0 Å². The molecule has 1 aliphatic rings. The van der Waals surface area contributed by atoms with Crippen LogP contribution in [-0.2, 0) is 16.0 Å². The molecule has 3 atom stereocenters. The number of carbonyl (C=O) groups excluding carboxylic acids is 1. The number of esters is 1. The lowest BCUT2D eigenvalue weighted by Crippen LogP contribution is -2.42. The fourth-order valence-corrected chi connectivity index (χ4v) is 3.16. The molecule has 1 N–H and O–H groups in total. The Morgan fingerprint density at radius 1 is 1.40 bits per heavy atom. The average molecular weight is 275 g/mol. The van der Waals surface area contributed by atoms with Crippen LogP contribution < -0.4 is 5.32 Å². The summed E-state index contributed by atoms with van der Waals surface area (Å²) in [5, 5.41) is 3.40. The van der Waals surface area contributed by atoms with E-state index in [1.807, 2.05) is 25.1 Å². The topological polar surface area (TPSA) is 38.3 Å². The minimum absolute atomic E-state index is 0.0190. The van der Waals surface area contributed by atoms with Gasteiger partial charge in [0.15, 0.2) is 0 Å². The summed E-state index contributed by atoms with van der Waals surface area (Å²) in [5.41, 5.74) is 1.22. The zero-order chi connectivity index (χ0) is 14.4. The number of ether oxygens (including phenoxy) is 1. The lowest BCUT2D eigenvalue weighted by Gasteiger charge is -2.34. The summed E-state index contributed by atoms with van der Waals surface area (Å²) in [7, 11) is 0. The van der Waals surface area contributed by atoms with Gasteiger partial charge in [0.05, 0.1) is 12.5 Å². The Bertz CT molecular complexity index is 418. The van der Waals surface area contributed by atoms with Crippen molar-refractivity contribution in [3.8, 4) is 0 Å². The Morgan fingerprint density at radius 3 is 2.80 bits per heavy atom. The van der Waals surface area contributed by atoms with Gasteiger partial charge in [-0.2, -0.15) is 0 Å². The maximum absolute atomic E-state index is 12.3. The van der Waals surface area contributed by atoms with Gasteiger partial charge in [0.2, 0.25) is 0 Å². The van der Waals surface area contributed by atoms with Crippen LogP contribution in [0.1, 0.15) is 25.8 Å². The Balaban J connectivity index is 2.13. The quantitative estimate of drug-likeness (QED) is 0.840. The van der Waals surface area contributed by atoms with Crippen LogP contribution >= 0.6 is 0 Å². The Hall–Kier alpha value is -1.35. The van der Waals surface area contributed by atoms with Crippen molar-refractivity contribution in [2.24, 2.45) is 17.8 Å². The molecule has 1 aromatic carbocycles. The van der Waals surface area contributed by atoms with E-state index in [-0.39, 0.29) is 11.9 Å². The second-order valence-electron chi connectivity index (χ2n) is 5.68. The first-order valence-electron chi connectivity index (χ1n) is 7.63. The zero-order valence-electron chi connectivity index (χ0n) is 12.5. The molecule has 3 heteroatoms. The molecular formula is C17H25NO2. The summed E-state index contributed by atoms with van der Waals surface area (Å²) in [5.74, 6) is 0.877. The largest absolute Gasteiger partial charge is 0.466 e. The summed E-state index contributed by atoms with van der Waals surface area (Å²) in [6.45, 7) is 6.57. The van der Waals surface area contributed by atoms with Crippen molar-refractivity contribution in [1.29, 1.82) is 0 Å². The van der Waals surface area contributed by atoms with E-state index in [2.05, 4.69) is 24.4 Å². The highest BCUT2D eigenvalue weighted by atomic mass is 16.5. The smallest absolute Gasteiger partial charge is 0.309 e. The maximum atomic E-state index is 12.3. The van der Waals surface area contributed by atoms with E-state index in [1.165, 1.54) is 5.56 Å². The molecular weight excluding hydrogens is 250 g/mol. The third-order valence-corrected chi connectivity index (χ3v) is 4.26. The van der Waals surface area contributed by atoms with Crippen molar-refractivity contribution in [2.45, 2.75) is 26.7 Å². The van der Waals surface area contributed by atoms with Gasteiger partial charge in [-0.15, -0.1) is 0 Å². The fraction of sp³-hybridized carbons (Fsp3) is 0.588. The first kappa shape index (κ1) is 15.0. The van der Waals surface area contributed by atoms with Gasteiger partial charge < -0.3 is 10.1 Å². The summed E-state index contributed by atoms with van der Waals surface area (Å²) < 4.78 is 5.32. The average Bonchev–Trinajstić information content (AvgIpc) is 2.47. The number of carbonyl (C=O) groups is 1. The van der Waals surface area contributed by atoms with Crippen LogP contribution in [0.3, 0.4) is 0 Å². The summed E-state index contributed by atoms with van der Waals surface area (Å²) in [6.07, 6.45) is 1.84. The predicted molar refractivity (Wildman–Crippen MR) is 80.4 cm³/mol. The highest BCUT2D eigenvalue weighted by Gasteiger charge is 2.34. The first-order valence-corrected chi connectivity index (χ1v) is 7.63. The molecule has 0 bridgehead atoms. The molecule has 0 aliphatic carbocycles. The van der Waals surface area contributed by atoms with E-state index < -0.39 is 0 Å². The molecule has 3 unspecified atom stereocenters. The highest BCUT2D eigenvalue weighted by Crippen LogP contribution is 2.30. The van der Waals surface area contributed by atoms with Crippen molar-refractivity contribution in [1.82, 2.24) is 5.32 Å². The molecule has 110 valence electrons. The molecule has 1 fully saturated rings. The monoisotopic (exact) mass is 275 g/mol. The highest BCUT2D eigenvalue weighted by molar-refractivity contribution is 5.73. The SMILES string of the molecule is CCOC(=O)C(Cc1ccccc1)C1CCNCC1C. The summed E-state index contributed by atoms with van der Waals surface area (Å²) in [6, 6.07) is 10.3. The van der Waals surface area contributed by atoms with Crippen LogP contribution in [0.5, 0.6) is 0 Å². The molecule has 0 amide bonds. The van der Waals surface area contributed by atoms with Crippen molar-refractivity contribution in [3.63, 3.8) is 0 Å². The fourth-order valence-electron chi connectivity index (χ4n) is 3.16. The van der Waals surface area contributed by atoms with Crippen LogP contribution in [0, 0.1) is 17.8 Å². The number of piperidine rings is 1. The third-order valence-electron chi connectivity index (χ3n) is 4.26. The van der Waals surface area contributed by atoms with E-state index in [0.29, 0.717) is 18.4 Å². The molecule has 1 aliphatic heterocycles. The van der Waals surface area contributed by atoms with Gasteiger partial charge in [0.1, 0.15) is 0 Å². The van der Waals surface area contributed by atoms with E-state index in [4.69, 9.17) is 4.74 Å². The van der Waals surface area contributed by atoms with Crippen LogP contribution in [0.2, 0.25) is 0 Å². The van der Waals surface area contributed by atoms with Crippen LogP contribution in [0.15, 0.2) is 30.3 Å². The standard InChI is InChI=1S/C17H25NO2/c1-3-20-17(19)16(11-14-7-5-4-6-8-14)15-9-10-18-12-13(15)2/h4-8,13,15-16,18H,3,9-12H2,1-2H3. The lowest BCUT2D eigenvalue weighted by atomic mass is 9.75. The first-order chi connectivity index (χ1) is 9.72. The molecule has 1 saturated heterocycles. The van der Waals surface area contributed by atoms with E-state index >= 15 is 0 Å². The molecule has 3 nitrogen and oxygen atoms in total. The third kappa shape index (κ3) is 3.83. The summed E-state index contributed by atoms with van der Waals surface area (Å²) in [4.78, 5) is 12.3. The second-order valence-corrected chi connectivity index (χ2v) is 5.68. The zero-order valence-corrected chi connectivity index (χ0v) is 12.5. The van der Waals surface area contributed by atoms with Gasteiger partial charge in [0.25, 0.3) is 0 Å². The van der Waals surface area contributed by atoms with Crippen molar-refractivity contribution >= 4 is 5.97 Å². The van der Waals surface area contributed by atoms with Crippen LogP contribution in [0.25, 0.3) is 0 Å². The molecule has 0 radical (unpaired) electrons. The van der Waals surface area contributed by atoms with Crippen molar-refractivity contribution < 1.29 is 9.53 Å². The number of benzene rings is 1. The Labute approximate surface area is 121 Å². The van der Waals surface area contributed by atoms with E-state index in [0.717, 1.165) is 25.9 Å². The number of rotatable bonds is 5. The van der Waals surface area contributed by atoms with Gasteiger partial charge in [-0.05, 0) is 50.3 Å². The number of nitrogens with one attached hydrogen (secondary N) is 1. The molecule has 0 spiro atoms. The van der Waals surface area contributed by atoms with Crippen LogP contribution in [-0.4, -0.2) is 25.7 Å².